The normalized spacial score (nSPS) is 10.9. The van der Waals surface area contributed by atoms with Crippen LogP contribution in [0.25, 0.3) is 0 Å². The van der Waals surface area contributed by atoms with Crippen molar-refractivity contribution in [3.63, 3.8) is 0 Å². The van der Waals surface area contributed by atoms with Gasteiger partial charge in [-0.05, 0) is 20.9 Å². The Morgan fingerprint density at radius 2 is 2.20 bits per heavy atom. The van der Waals surface area contributed by atoms with Gasteiger partial charge in [-0.3, -0.25) is 9.69 Å². The molecule has 0 radical (unpaired) electrons. The van der Waals surface area contributed by atoms with Crippen molar-refractivity contribution in [2.24, 2.45) is 0 Å². The zero-order valence-corrected chi connectivity index (χ0v) is 10.1. The van der Waals surface area contributed by atoms with Crippen LogP contribution in [0, 0.1) is 13.8 Å². The number of carboxylic acids is 1. The maximum atomic E-state index is 10.4. The quantitative estimate of drug-likeness (QED) is 0.833. The van der Waals surface area contributed by atoms with Gasteiger partial charge < -0.3 is 5.11 Å². The minimum Gasteiger partial charge on any atom is -0.481 e. The summed E-state index contributed by atoms with van der Waals surface area (Å²) in [4.78, 5) is 18.0. The molecule has 0 bridgehead atoms. The number of carboxylic acid groups (broad SMARTS) is 1. The first kappa shape index (κ1) is 12.1. The van der Waals surface area contributed by atoms with Crippen molar-refractivity contribution < 1.29 is 9.90 Å². The summed E-state index contributed by atoms with van der Waals surface area (Å²) in [5.41, 5.74) is 1.07. The number of hydrogen-bond donors (Lipinski definition) is 1. The molecule has 0 aromatic carbocycles. The summed E-state index contributed by atoms with van der Waals surface area (Å²) in [5.74, 6) is -0.756. The predicted molar refractivity (Wildman–Crippen MR) is 60.2 cm³/mol. The van der Waals surface area contributed by atoms with Crippen LogP contribution in [0.3, 0.4) is 0 Å². The minimum atomic E-state index is -0.756. The highest BCUT2D eigenvalue weighted by Gasteiger charge is 2.07. The number of aliphatic carboxylic acids is 1. The number of thiazole rings is 1. The van der Waals surface area contributed by atoms with Crippen molar-refractivity contribution in [2.45, 2.75) is 26.8 Å². The van der Waals surface area contributed by atoms with Gasteiger partial charge in [-0.2, -0.15) is 0 Å². The summed E-state index contributed by atoms with van der Waals surface area (Å²) in [6, 6.07) is 0. The summed E-state index contributed by atoms with van der Waals surface area (Å²) < 4.78 is 0. The second kappa shape index (κ2) is 5.23. The average molecular weight is 228 g/mol. The van der Waals surface area contributed by atoms with Crippen LogP contribution < -0.4 is 0 Å². The second-order valence-corrected chi connectivity index (χ2v) is 4.92. The first-order valence-corrected chi connectivity index (χ1v) is 5.64. The Balaban J connectivity index is 2.44. The molecule has 0 fully saturated rings. The third-order valence-electron chi connectivity index (χ3n) is 2.19. The van der Waals surface area contributed by atoms with Gasteiger partial charge in [0.05, 0.1) is 18.7 Å². The third kappa shape index (κ3) is 3.97. The smallest absolute Gasteiger partial charge is 0.304 e. The molecule has 0 unspecified atom stereocenters. The number of carbonyl (C=O) groups is 1. The van der Waals surface area contributed by atoms with Crippen LogP contribution in [0.4, 0.5) is 0 Å². The lowest BCUT2D eigenvalue weighted by Gasteiger charge is -2.12. The van der Waals surface area contributed by atoms with Gasteiger partial charge in [-0.1, -0.05) is 0 Å². The Bertz CT molecular complexity index is 330. The largest absolute Gasteiger partial charge is 0.481 e. The molecule has 5 heteroatoms. The van der Waals surface area contributed by atoms with E-state index >= 15 is 0 Å². The van der Waals surface area contributed by atoms with E-state index in [-0.39, 0.29) is 6.42 Å². The van der Waals surface area contributed by atoms with Crippen molar-refractivity contribution in [1.29, 1.82) is 0 Å². The van der Waals surface area contributed by atoms with E-state index in [0.717, 1.165) is 17.2 Å². The lowest BCUT2D eigenvalue weighted by molar-refractivity contribution is -0.137. The zero-order valence-electron chi connectivity index (χ0n) is 9.28. The standard InChI is InChI=1S/C10H16N2O2S/c1-7-8(2)15-9(11-7)6-12(3)5-4-10(13)14/h4-6H2,1-3H3,(H,13,14). The minimum absolute atomic E-state index is 0.180. The highest BCUT2D eigenvalue weighted by atomic mass is 32.1. The van der Waals surface area contributed by atoms with E-state index in [9.17, 15) is 4.79 Å². The average Bonchev–Trinajstić information content (AvgIpc) is 2.42. The molecule has 0 aliphatic heterocycles. The van der Waals surface area contributed by atoms with Gasteiger partial charge in [-0.15, -0.1) is 11.3 Å². The van der Waals surface area contributed by atoms with Crippen molar-refractivity contribution >= 4 is 17.3 Å². The SMILES string of the molecule is Cc1nc(CN(C)CCC(=O)O)sc1C. The molecular formula is C10H16N2O2S. The Kier molecular flexibility index (Phi) is 4.23. The van der Waals surface area contributed by atoms with Gasteiger partial charge >= 0.3 is 5.97 Å². The maximum absolute atomic E-state index is 10.4. The Morgan fingerprint density at radius 3 is 2.67 bits per heavy atom. The molecule has 0 atom stereocenters. The molecule has 0 aliphatic rings. The van der Waals surface area contributed by atoms with Gasteiger partial charge in [0, 0.05) is 11.4 Å². The molecule has 1 aromatic heterocycles. The molecule has 1 N–H and O–H groups in total. The van der Waals surface area contributed by atoms with E-state index in [1.54, 1.807) is 11.3 Å². The highest BCUT2D eigenvalue weighted by Crippen LogP contribution is 2.17. The van der Waals surface area contributed by atoms with Crippen LogP contribution in [-0.2, 0) is 11.3 Å². The summed E-state index contributed by atoms with van der Waals surface area (Å²) in [6.07, 6.45) is 0.180. The fourth-order valence-electron chi connectivity index (χ4n) is 1.20. The molecule has 0 amide bonds. The highest BCUT2D eigenvalue weighted by molar-refractivity contribution is 7.11. The van der Waals surface area contributed by atoms with E-state index in [4.69, 9.17) is 5.11 Å². The Labute approximate surface area is 93.6 Å². The van der Waals surface area contributed by atoms with E-state index in [2.05, 4.69) is 4.98 Å². The number of aryl methyl sites for hydroxylation is 2. The van der Waals surface area contributed by atoms with Crippen LogP contribution in [0.5, 0.6) is 0 Å². The molecule has 0 saturated carbocycles. The molecule has 0 saturated heterocycles. The van der Waals surface area contributed by atoms with Crippen LogP contribution >= 0.6 is 11.3 Å². The van der Waals surface area contributed by atoms with Crippen molar-refractivity contribution in [3.05, 3.63) is 15.6 Å². The van der Waals surface area contributed by atoms with E-state index in [1.165, 1.54) is 4.88 Å². The van der Waals surface area contributed by atoms with Gasteiger partial charge in [0.25, 0.3) is 0 Å². The molecule has 1 rings (SSSR count). The summed E-state index contributed by atoms with van der Waals surface area (Å²) >= 11 is 1.68. The first-order valence-electron chi connectivity index (χ1n) is 4.82. The summed E-state index contributed by atoms with van der Waals surface area (Å²) in [6.45, 7) is 5.33. The number of aromatic nitrogens is 1. The maximum Gasteiger partial charge on any atom is 0.304 e. The molecule has 1 heterocycles. The summed E-state index contributed by atoms with van der Waals surface area (Å²) in [5, 5.41) is 9.59. The van der Waals surface area contributed by atoms with Crippen LogP contribution in [0.1, 0.15) is 22.0 Å². The van der Waals surface area contributed by atoms with E-state index in [1.807, 2.05) is 25.8 Å². The summed E-state index contributed by atoms with van der Waals surface area (Å²) in [7, 11) is 1.91. The van der Waals surface area contributed by atoms with Gasteiger partial charge in [0.1, 0.15) is 5.01 Å². The zero-order chi connectivity index (χ0) is 11.4. The first-order chi connectivity index (χ1) is 6.99. The van der Waals surface area contributed by atoms with Crippen molar-refractivity contribution in [1.82, 2.24) is 9.88 Å². The lowest BCUT2D eigenvalue weighted by atomic mass is 10.4. The molecular weight excluding hydrogens is 212 g/mol. The molecule has 0 aliphatic carbocycles. The second-order valence-electron chi connectivity index (χ2n) is 3.63. The van der Waals surface area contributed by atoms with Gasteiger partial charge in [-0.25, -0.2) is 4.98 Å². The van der Waals surface area contributed by atoms with Crippen LogP contribution in [-0.4, -0.2) is 34.6 Å². The van der Waals surface area contributed by atoms with Crippen molar-refractivity contribution in [3.8, 4) is 0 Å². The van der Waals surface area contributed by atoms with Crippen LogP contribution in [0.15, 0.2) is 0 Å². The molecule has 15 heavy (non-hydrogen) atoms. The molecule has 4 nitrogen and oxygen atoms in total. The monoisotopic (exact) mass is 228 g/mol. The van der Waals surface area contributed by atoms with Gasteiger partial charge in [0.15, 0.2) is 0 Å². The topological polar surface area (TPSA) is 53.4 Å². The van der Waals surface area contributed by atoms with E-state index in [0.29, 0.717) is 6.54 Å². The number of rotatable bonds is 5. The number of hydrogen-bond acceptors (Lipinski definition) is 4. The third-order valence-corrected chi connectivity index (χ3v) is 3.24. The van der Waals surface area contributed by atoms with Crippen LogP contribution in [0.2, 0.25) is 0 Å². The molecule has 0 spiro atoms. The Morgan fingerprint density at radius 1 is 1.53 bits per heavy atom. The predicted octanol–water partition coefficient (Wildman–Crippen LogP) is 1.67. The number of nitrogens with zero attached hydrogens (tertiary/aromatic N) is 2. The lowest BCUT2D eigenvalue weighted by Crippen LogP contribution is -2.21. The van der Waals surface area contributed by atoms with Gasteiger partial charge in [0.2, 0.25) is 0 Å². The molecule has 1 aromatic rings. The van der Waals surface area contributed by atoms with E-state index < -0.39 is 5.97 Å². The fraction of sp³-hybridized carbons (Fsp3) is 0.600. The Hall–Kier alpha value is -0.940. The fourth-order valence-corrected chi connectivity index (χ4v) is 2.22. The van der Waals surface area contributed by atoms with Crippen molar-refractivity contribution in [2.75, 3.05) is 13.6 Å². The molecule has 84 valence electrons.